The average molecular weight is 426 g/mol. The minimum atomic E-state index is -0.250. The van der Waals surface area contributed by atoms with Crippen LogP contribution in [0.15, 0.2) is 45.6 Å². The van der Waals surface area contributed by atoms with E-state index in [1.54, 1.807) is 0 Å². The molecule has 8 nitrogen and oxygen atoms in total. The highest BCUT2D eigenvalue weighted by Crippen LogP contribution is 2.22. The molecule has 2 heterocycles. The van der Waals surface area contributed by atoms with Gasteiger partial charge in [-0.15, -0.1) is 0 Å². The average Bonchev–Trinajstić information content (AvgIpc) is 3.17. The third-order valence-electron chi connectivity index (χ3n) is 5.33. The van der Waals surface area contributed by atoms with Gasteiger partial charge in [-0.2, -0.15) is 4.98 Å². The van der Waals surface area contributed by atoms with Crippen molar-refractivity contribution >= 4 is 12.2 Å². The van der Waals surface area contributed by atoms with Gasteiger partial charge in [-0.3, -0.25) is 15.1 Å². The zero-order valence-electron chi connectivity index (χ0n) is 18.4. The van der Waals surface area contributed by atoms with E-state index in [0.29, 0.717) is 30.3 Å². The maximum absolute atomic E-state index is 8.36. The first-order valence-electron chi connectivity index (χ1n) is 10.7. The number of rotatable bonds is 7. The lowest BCUT2D eigenvalue weighted by atomic mass is 9.93. The van der Waals surface area contributed by atoms with Crippen molar-refractivity contribution in [1.82, 2.24) is 20.4 Å². The van der Waals surface area contributed by atoms with Crippen LogP contribution in [0.2, 0.25) is 0 Å². The van der Waals surface area contributed by atoms with Gasteiger partial charge in [0, 0.05) is 17.8 Å². The van der Waals surface area contributed by atoms with Crippen LogP contribution < -0.4 is 5.32 Å². The van der Waals surface area contributed by atoms with Gasteiger partial charge in [0.2, 0.25) is 5.82 Å². The minimum absolute atomic E-state index is 0.250. The SMILES string of the molecule is CC1=CN(CNC2CCC2)CN=C1c1noc(-c2ccc(CC(C)C)cc2)n1.O=CO. The van der Waals surface area contributed by atoms with Crippen LogP contribution in [0.1, 0.15) is 51.4 Å². The van der Waals surface area contributed by atoms with E-state index in [0.717, 1.165) is 29.9 Å². The van der Waals surface area contributed by atoms with E-state index in [2.05, 4.69) is 57.5 Å². The second-order valence-corrected chi connectivity index (χ2v) is 8.36. The van der Waals surface area contributed by atoms with Gasteiger partial charge in [-0.25, -0.2) is 0 Å². The van der Waals surface area contributed by atoms with E-state index in [1.807, 2.05) is 19.1 Å². The lowest BCUT2D eigenvalue weighted by Gasteiger charge is -2.31. The Morgan fingerprint density at radius 1 is 1.29 bits per heavy atom. The Kier molecular flexibility index (Phi) is 7.94. The summed E-state index contributed by atoms with van der Waals surface area (Å²) in [5.41, 5.74) is 4.13. The largest absolute Gasteiger partial charge is 0.483 e. The molecule has 0 radical (unpaired) electrons. The number of carboxylic acid groups (broad SMARTS) is 1. The van der Waals surface area contributed by atoms with E-state index in [9.17, 15) is 0 Å². The molecule has 2 aromatic rings. The van der Waals surface area contributed by atoms with Gasteiger partial charge in [0.25, 0.3) is 12.4 Å². The van der Waals surface area contributed by atoms with Gasteiger partial charge in [-0.05, 0) is 55.4 Å². The van der Waals surface area contributed by atoms with Crippen molar-refractivity contribution in [3.63, 3.8) is 0 Å². The van der Waals surface area contributed by atoms with Gasteiger partial charge < -0.3 is 14.5 Å². The lowest BCUT2D eigenvalue weighted by molar-refractivity contribution is -0.122. The number of carbonyl (C=O) groups is 1. The predicted octanol–water partition coefficient (Wildman–Crippen LogP) is 3.70. The quantitative estimate of drug-likeness (QED) is 0.652. The Labute approximate surface area is 183 Å². The molecule has 8 heteroatoms. The maximum atomic E-state index is 8.36. The number of nitrogens with zero attached hydrogens (tertiary/aromatic N) is 4. The number of allylic oxidation sites excluding steroid dienone is 1. The van der Waals surface area contributed by atoms with E-state index < -0.39 is 0 Å². The third kappa shape index (κ3) is 6.24. The molecule has 1 aliphatic carbocycles. The molecule has 1 aromatic carbocycles. The summed E-state index contributed by atoms with van der Waals surface area (Å²) in [6, 6.07) is 9.04. The molecular weight excluding hydrogens is 394 g/mol. The first-order chi connectivity index (χ1) is 15.0. The summed E-state index contributed by atoms with van der Waals surface area (Å²) in [4.78, 5) is 19.8. The molecule has 1 aliphatic heterocycles. The molecule has 0 unspecified atom stereocenters. The third-order valence-corrected chi connectivity index (χ3v) is 5.33. The molecule has 2 N–H and O–H groups in total. The van der Waals surface area contributed by atoms with Crippen LogP contribution in [0.5, 0.6) is 0 Å². The van der Waals surface area contributed by atoms with Crippen LogP contribution in [0.3, 0.4) is 0 Å². The number of nitrogens with one attached hydrogen (secondary N) is 1. The molecule has 1 aromatic heterocycles. The Morgan fingerprint density at radius 2 is 2.00 bits per heavy atom. The van der Waals surface area contributed by atoms with Crippen LogP contribution in [0, 0.1) is 5.92 Å². The van der Waals surface area contributed by atoms with Gasteiger partial charge in [0.05, 0.1) is 6.67 Å². The smallest absolute Gasteiger partial charge is 0.290 e. The zero-order valence-corrected chi connectivity index (χ0v) is 18.4. The van der Waals surface area contributed by atoms with Crippen LogP contribution in [-0.2, 0) is 11.2 Å². The Morgan fingerprint density at radius 3 is 2.58 bits per heavy atom. The summed E-state index contributed by atoms with van der Waals surface area (Å²) in [6.07, 6.45) is 7.12. The molecule has 0 atom stereocenters. The Bertz CT molecular complexity index is 914. The van der Waals surface area contributed by atoms with E-state index in [-0.39, 0.29) is 6.47 Å². The molecule has 166 valence electrons. The van der Waals surface area contributed by atoms with Crippen molar-refractivity contribution in [3.8, 4) is 11.5 Å². The predicted molar refractivity (Wildman–Crippen MR) is 120 cm³/mol. The first-order valence-corrected chi connectivity index (χ1v) is 10.7. The number of hydrogen-bond acceptors (Lipinski definition) is 7. The zero-order chi connectivity index (χ0) is 22.2. The summed E-state index contributed by atoms with van der Waals surface area (Å²) in [7, 11) is 0. The normalized spacial score (nSPS) is 16.2. The number of aliphatic imine (C=N–C) groups is 1. The Hall–Kier alpha value is -3.00. The molecule has 0 saturated heterocycles. The first kappa shape index (κ1) is 22.7. The van der Waals surface area contributed by atoms with Gasteiger partial charge in [0.15, 0.2) is 0 Å². The highest BCUT2D eigenvalue weighted by atomic mass is 16.5. The van der Waals surface area contributed by atoms with E-state index >= 15 is 0 Å². The van der Waals surface area contributed by atoms with Crippen molar-refractivity contribution in [2.45, 2.75) is 52.5 Å². The van der Waals surface area contributed by atoms with Crippen molar-refractivity contribution < 1.29 is 14.4 Å². The van der Waals surface area contributed by atoms with Crippen molar-refractivity contribution in [1.29, 1.82) is 0 Å². The fourth-order valence-corrected chi connectivity index (χ4v) is 3.56. The van der Waals surface area contributed by atoms with Gasteiger partial charge >= 0.3 is 0 Å². The topological polar surface area (TPSA) is 104 Å². The van der Waals surface area contributed by atoms with Crippen LogP contribution in [-0.4, -0.2) is 51.7 Å². The number of aromatic nitrogens is 2. The minimum Gasteiger partial charge on any atom is -0.483 e. The second kappa shape index (κ2) is 10.9. The van der Waals surface area contributed by atoms with E-state index in [4.69, 9.17) is 14.4 Å². The molecule has 4 rings (SSSR count). The number of hydrogen-bond donors (Lipinski definition) is 2. The van der Waals surface area contributed by atoms with E-state index in [1.165, 1.54) is 24.8 Å². The fraction of sp³-hybridized carbons (Fsp3) is 0.478. The second-order valence-electron chi connectivity index (χ2n) is 8.36. The number of benzene rings is 1. The molecule has 0 amide bonds. The Balaban J connectivity index is 0.000000858. The maximum Gasteiger partial charge on any atom is 0.290 e. The molecular formula is C23H31N5O3. The summed E-state index contributed by atoms with van der Waals surface area (Å²) < 4.78 is 5.51. The fourth-order valence-electron chi connectivity index (χ4n) is 3.56. The molecule has 0 bridgehead atoms. The highest BCUT2D eigenvalue weighted by Gasteiger charge is 2.21. The molecule has 2 aliphatic rings. The summed E-state index contributed by atoms with van der Waals surface area (Å²) in [5.74, 6) is 1.74. The monoisotopic (exact) mass is 425 g/mol. The standard InChI is InChI=1S/C22H29N5O.CH2O2/c1-15(2)11-17-7-9-18(10-8-17)22-25-21(26-28-22)20-16(3)12-27(14-24-20)13-23-19-5-4-6-19;2-1-3/h7-10,12,15,19,23H,4-6,11,13-14H2,1-3H3;1H,(H,2,3). The summed E-state index contributed by atoms with van der Waals surface area (Å²) >= 11 is 0. The molecule has 1 fully saturated rings. The summed E-state index contributed by atoms with van der Waals surface area (Å²) in [5, 5.41) is 14.6. The van der Waals surface area contributed by atoms with Crippen LogP contribution in [0.4, 0.5) is 0 Å². The van der Waals surface area contributed by atoms with Crippen molar-refractivity contribution in [2.24, 2.45) is 10.9 Å². The van der Waals surface area contributed by atoms with Gasteiger partial charge in [-0.1, -0.05) is 37.6 Å². The lowest BCUT2D eigenvalue weighted by Crippen LogP contribution is -2.42. The summed E-state index contributed by atoms with van der Waals surface area (Å²) in [6.45, 7) is 7.69. The van der Waals surface area contributed by atoms with Crippen LogP contribution >= 0.6 is 0 Å². The van der Waals surface area contributed by atoms with Crippen molar-refractivity contribution in [2.75, 3.05) is 13.3 Å². The van der Waals surface area contributed by atoms with Crippen molar-refractivity contribution in [3.05, 3.63) is 47.4 Å². The molecule has 31 heavy (non-hydrogen) atoms. The molecule has 1 saturated carbocycles. The highest BCUT2D eigenvalue weighted by molar-refractivity contribution is 6.10. The van der Waals surface area contributed by atoms with Crippen LogP contribution in [0.25, 0.3) is 11.5 Å². The molecule has 0 spiro atoms. The van der Waals surface area contributed by atoms with Gasteiger partial charge in [0.1, 0.15) is 12.4 Å².